The monoisotopic (exact) mass is 518 g/mol. The van der Waals surface area contributed by atoms with E-state index in [1.165, 1.54) is 0 Å². The third kappa shape index (κ3) is 3.92. The number of nitrogens with two attached hydrogens (primary N) is 2. The van der Waals surface area contributed by atoms with E-state index >= 15 is 0 Å². The third-order valence-electron chi connectivity index (χ3n) is 4.14. The predicted octanol–water partition coefficient (Wildman–Crippen LogP) is 3.37. The molecule has 0 saturated carbocycles. The van der Waals surface area contributed by atoms with Gasteiger partial charge in [-0.1, -0.05) is 22.9 Å². The molecule has 9 nitrogen and oxygen atoms in total. The van der Waals surface area contributed by atoms with Crippen molar-refractivity contribution in [1.82, 2.24) is 10.3 Å². The molecule has 0 amide bonds. The smallest absolute Gasteiger partial charge is 0.211 e. The van der Waals surface area contributed by atoms with Crippen molar-refractivity contribution < 1.29 is 4.74 Å². The van der Waals surface area contributed by atoms with Crippen LogP contribution in [0.25, 0.3) is 0 Å². The molecule has 1 aliphatic heterocycles. The minimum atomic E-state index is -0.692. The summed E-state index contributed by atoms with van der Waals surface area (Å²) in [5.41, 5.74) is 13.6. The summed E-state index contributed by atoms with van der Waals surface area (Å²) in [6.07, 6.45) is 2.64. The Morgan fingerprint density at radius 3 is 2.72 bits per heavy atom. The van der Waals surface area contributed by atoms with Crippen molar-refractivity contribution in [1.29, 1.82) is 10.5 Å². The predicted molar refractivity (Wildman–Crippen MR) is 117 cm³/mol. The van der Waals surface area contributed by atoms with E-state index in [0.29, 0.717) is 29.3 Å². The van der Waals surface area contributed by atoms with Crippen LogP contribution in [0.15, 0.2) is 26.1 Å². The van der Waals surface area contributed by atoms with E-state index in [1.54, 1.807) is 0 Å². The highest BCUT2D eigenvalue weighted by Gasteiger charge is 2.32. The minimum absolute atomic E-state index is 0.00825. The van der Waals surface area contributed by atoms with E-state index in [1.807, 2.05) is 31.3 Å². The molecule has 1 atom stereocenters. The van der Waals surface area contributed by atoms with Crippen molar-refractivity contribution in [2.75, 3.05) is 23.4 Å². The maximum absolute atomic E-state index is 9.45. The minimum Gasteiger partial charge on any atom is -0.492 e. The van der Waals surface area contributed by atoms with Gasteiger partial charge in [0.2, 0.25) is 5.96 Å². The molecule has 2 aromatic rings. The molecule has 29 heavy (non-hydrogen) atoms. The van der Waals surface area contributed by atoms with E-state index < -0.39 is 6.04 Å². The number of benzene rings is 1. The van der Waals surface area contributed by atoms with Crippen molar-refractivity contribution in [3.8, 4) is 18.0 Å². The Kier molecular flexibility index (Phi) is 6.11. The van der Waals surface area contributed by atoms with E-state index in [4.69, 9.17) is 21.5 Å². The Morgan fingerprint density at radius 1 is 1.31 bits per heavy atom. The normalized spacial score (nSPS) is 14.7. The Morgan fingerprint density at radius 2 is 2.07 bits per heavy atom. The molecule has 1 aliphatic rings. The summed E-state index contributed by atoms with van der Waals surface area (Å²) in [4.78, 5) is 8.84. The van der Waals surface area contributed by atoms with Gasteiger partial charge in [0, 0.05) is 15.6 Å². The lowest BCUT2D eigenvalue weighted by molar-refractivity contribution is 0.311. The Labute approximate surface area is 184 Å². The van der Waals surface area contributed by atoms with Gasteiger partial charge in [-0.25, -0.2) is 9.98 Å². The molecule has 1 aromatic heterocycles. The fraction of sp³-hybridized carbons (Fsp3) is 0.222. The molecule has 1 unspecified atom stereocenters. The van der Waals surface area contributed by atoms with E-state index in [-0.39, 0.29) is 23.0 Å². The first-order valence-electron chi connectivity index (χ1n) is 8.51. The average molecular weight is 520 g/mol. The zero-order chi connectivity index (χ0) is 21.1. The van der Waals surface area contributed by atoms with Crippen LogP contribution in [-0.2, 0) is 0 Å². The van der Waals surface area contributed by atoms with E-state index in [9.17, 15) is 5.26 Å². The van der Waals surface area contributed by atoms with E-state index in [0.717, 1.165) is 15.4 Å². The number of rotatable bonds is 4. The molecular formula is C18H16Br2N8O. The van der Waals surface area contributed by atoms with Gasteiger partial charge in [0.1, 0.15) is 35.1 Å². The van der Waals surface area contributed by atoms with Crippen LogP contribution in [0, 0.1) is 22.8 Å². The van der Waals surface area contributed by atoms with Gasteiger partial charge < -0.3 is 21.5 Å². The Balaban J connectivity index is 2.30. The number of guanidine groups is 1. The van der Waals surface area contributed by atoms with Gasteiger partial charge >= 0.3 is 0 Å². The number of hydrogen-bond donors (Lipinski definition) is 4. The summed E-state index contributed by atoms with van der Waals surface area (Å²) >= 11 is 7.02. The number of halogens is 2. The molecular weight excluding hydrogens is 504 g/mol. The summed E-state index contributed by atoms with van der Waals surface area (Å²) in [6.45, 7) is 2.50. The SMILES string of the molecule is CCCOc1c(Br)cc(Br)cc1C1N=C(NC#N)Nc2nc(N)c(C#N)c(N)c21. The van der Waals surface area contributed by atoms with E-state index in [2.05, 4.69) is 52.5 Å². The van der Waals surface area contributed by atoms with Gasteiger partial charge in [-0.05, 0) is 34.5 Å². The highest BCUT2D eigenvalue weighted by molar-refractivity contribution is 9.11. The third-order valence-corrected chi connectivity index (χ3v) is 5.19. The summed E-state index contributed by atoms with van der Waals surface area (Å²) in [7, 11) is 0. The van der Waals surface area contributed by atoms with Crippen molar-refractivity contribution >= 4 is 55.1 Å². The van der Waals surface area contributed by atoms with Crippen LogP contribution in [0.2, 0.25) is 0 Å². The molecule has 1 aromatic carbocycles. The number of nitrogen functional groups attached to an aromatic ring is 2. The van der Waals surface area contributed by atoms with Gasteiger partial charge in [-0.2, -0.15) is 10.5 Å². The number of nitrogens with one attached hydrogen (secondary N) is 2. The second-order valence-corrected chi connectivity index (χ2v) is 7.83. The Hall–Kier alpha value is -3.02. The zero-order valence-corrected chi connectivity index (χ0v) is 18.4. The number of nitriles is 2. The zero-order valence-electron chi connectivity index (χ0n) is 15.3. The maximum atomic E-state index is 9.45. The van der Waals surface area contributed by atoms with Gasteiger partial charge in [-0.15, -0.1) is 0 Å². The summed E-state index contributed by atoms with van der Waals surface area (Å²) in [5.74, 6) is 1.07. The van der Waals surface area contributed by atoms with Crippen LogP contribution >= 0.6 is 31.9 Å². The number of hydrogen-bond acceptors (Lipinski definition) is 9. The number of fused-ring (bicyclic) bond motifs is 1. The number of aromatic nitrogens is 1. The summed E-state index contributed by atoms with van der Waals surface area (Å²) < 4.78 is 7.47. The lowest BCUT2D eigenvalue weighted by Crippen LogP contribution is -2.33. The highest BCUT2D eigenvalue weighted by atomic mass is 79.9. The molecule has 11 heteroatoms. The van der Waals surface area contributed by atoms with Gasteiger partial charge in [0.05, 0.1) is 16.8 Å². The largest absolute Gasteiger partial charge is 0.492 e. The quantitative estimate of drug-likeness (QED) is 0.353. The molecule has 0 spiro atoms. The average Bonchev–Trinajstić information content (AvgIpc) is 2.66. The standard InChI is InChI=1S/C18H16Br2N8O/c1-2-3-29-15-9(4-8(19)5-11(15)20)14-12-13(23)10(6-21)16(24)27-17(12)28-18(26-14)25-7-22/h4-5,14H,2-3H2,1H3,(H6,23,24,25,26,27,28). The number of aliphatic imine (C=N–C) groups is 1. The topological polar surface area (TPSA) is 158 Å². The first kappa shape index (κ1) is 20.7. The van der Waals surface area contributed by atoms with Crippen LogP contribution in [0.4, 0.5) is 17.3 Å². The van der Waals surface area contributed by atoms with Crippen LogP contribution in [0.5, 0.6) is 5.75 Å². The van der Waals surface area contributed by atoms with Crippen LogP contribution in [0.3, 0.4) is 0 Å². The van der Waals surface area contributed by atoms with Crippen LogP contribution < -0.4 is 26.8 Å². The van der Waals surface area contributed by atoms with Crippen LogP contribution in [-0.4, -0.2) is 17.6 Å². The molecule has 0 fully saturated rings. The molecule has 0 bridgehead atoms. The van der Waals surface area contributed by atoms with Gasteiger partial charge in [0.25, 0.3) is 0 Å². The Bertz CT molecular complexity index is 1090. The van der Waals surface area contributed by atoms with Gasteiger partial charge in [0.15, 0.2) is 6.19 Å². The number of anilines is 3. The van der Waals surface area contributed by atoms with Crippen molar-refractivity contribution in [3.05, 3.63) is 37.8 Å². The molecule has 0 saturated heterocycles. The van der Waals surface area contributed by atoms with Crippen molar-refractivity contribution in [2.24, 2.45) is 4.99 Å². The van der Waals surface area contributed by atoms with Crippen molar-refractivity contribution in [3.63, 3.8) is 0 Å². The molecule has 3 rings (SSSR count). The number of pyridine rings is 1. The maximum Gasteiger partial charge on any atom is 0.211 e. The fourth-order valence-electron chi connectivity index (χ4n) is 2.95. The lowest BCUT2D eigenvalue weighted by Gasteiger charge is -2.27. The summed E-state index contributed by atoms with van der Waals surface area (Å²) in [5, 5.41) is 23.9. The second kappa shape index (κ2) is 8.55. The molecule has 148 valence electrons. The van der Waals surface area contributed by atoms with Crippen LogP contribution in [0.1, 0.15) is 36.1 Å². The van der Waals surface area contributed by atoms with Gasteiger partial charge in [-0.3, -0.25) is 5.32 Å². The first-order valence-corrected chi connectivity index (χ1v) is 10.1. The molecule has 0 aliphatic carbocycles. The molecule has 0 radical (unpaired) electrons. The van der Waals surface area contributed by atoms with Crippen molar-refractivity contribution in [2.45, 2.75) is 19.4 Å². The lowest BCUT2D eigenvalue weighted by atomic mass is 9.94. The second-order valence-electron chi connectivity index (χ2n) is 6.06. The number of nitrogens with zero attached hydrogens (tertiary/aromatic N) is 4. The molecule has 6 N–H and O–H groups in total. The fourth-order valence-corrected chi connectivity index (χ4v) is 4.32. The number of ether oxygens (including phenoxy) is 1. The first-order chi connectivity index (χ1) is 13.9. The summed E-state index contributed by atoms with van der Waals surface area (Å²) in [6, 6.07) is 5.01. The molecule has 2 heterocycles. The highest BCUT2D eigenvalue weighted by Crippen LogP contribution is 2.46.